The molecule has 19 heavy (non-hydrogen) atoms. The quantitative estimate of drug-likeness (QED) is 0.877. The molecule has 0 fully saturated rings. The van der Waals surface area contributed by atoms with Crippen LogP contribution in [0.1, 0.15) is 33.0 Å². The van der Waals surface area contributed by atoms with Crippen LogP contribution < -0.4 is 5.32 Å². The van der Waals surface area contributed by atoms with E-state index >= 15 is 0 Å². The van der Waals surface area contributed by atoms with Gasteiger partial charge in [0.2, 0.25) is 0 Å². The molecule has 0 bridgehead atoms. The van der Waals surface area contributed by atoms with Crippen molar-refractivity contribution in [3.8, 4) is 0 Å². The van der Waals surface area contributed by atoms with Gasteiger partial charge in [-0.25, -0.2) is 4.98 Å². The molecule has 0 aliphatic rings. The van der Waals surface area contributed by atoms with Gasteiger partial charge < -0.3 is 9.88 Å². The van der Waals surface area contributed by atoms with E-state index in [2.05, 4.69) is 64.8 Å². The van der Waals surface area contributed by atoms with Crippen LogP contribution in [0, 0.1) is 0 Å². The number of nitrogens with one attached hydrogen (secondary N) is 1. The molecule has 1 aromatic carbocycles. The SMILES string of the molecule is CCCn1c(CCNC(C)C)nc2cc(Br)ccc21. The first-order valence-corrected chi connectivity index (χ1v) is 7.79. The fourth-order valence-electron chi connectivity index (χ4n) is 2.29. The Morgan fingerprint density at radius 3 is 2.84 bits per heavy atom. The molecule has 0 aliphatic heterocycles. The molecule has 2 aromatic rings. The van der Waals surface area contributed by atoms with Crippen molar-refractivity contribution in [2.75, 3.05) is 6.54 Å². The van der Waals surface area contributed by atoms with Crippen LogP contribution in [0.5, 0.6) is 0 Å². The van der Waals surface area contributed by atoms with Gasteiger partial charge in [0.1, 0.15) is 5.82 Å². The van der Waals surface area contributed by atoms with Gasteiger partial charge >= 0.3 is 0 Å². The molecule has 0 saturated heterocycles. The fourth-order valence-corrected chi connectivity index (χ4v) is 2.64. The van der Waals surface area contributed by atoms with E-state index in [1.807, 2.05) is 0 Å². The Morgan fingerprint density at radius 2 is 2.16 bits per heavy atom. The summed E-state index contributed by atoms with van der Waals surface area (Å²) in [6, 6.07) is 6.87. The Balaban J connectivity index is 2.27. The van der Waals surface area contributed by atoms with Crippen molar-refractivity contribution in [2.45, 2.75) is 46.2 Å². The van der Waals surface area contributed by atoms with Gasteiger partial charge in [-0.1, -0.05) is 36.7 Å². The van der Waals surface area contributed by atoms with E-state index in [4.69, 9.17) is 4.98 Å². The summed E-state index contributed by atoms with van der Waals surface area (Å²) in [5.41, 5.74) is 2.33. The highest BCUT2D eigenvalue weighted by molar-refractivity contribution is 9.10. The molecule has 0 spiro atoms. The van der Waals surface area contributed by atoms with Gasteiger partial charge in [0, 0.05) is 30.0 Å². The minimum atomic E-state index is 0.526. The molecule has 0 amide bonds. The Morgan fingerprint density at radius 1 is 1.37 bits per heavy atom. The van der Waals surface area contributed by atoms with E-state index in [0.717, 1.165) is 35.9 Å². The highest BCUT2D eigenvalue weighted by atomic mass is 79.9. The van der Waals surface area contributed by atoms with Crippen LogP contribution in [0.2, 0.25) is 0 Å². The largest absolute Gasteiger partial charge is 0.328 e. The summed E-state index contributed by atoms with van der Waals surface area (Å²) in [7, 11) is 0. The maximum Gasteiger partial charge on any atom is 0.111 e. The van der Waals surface area contributed by atoms with Crippen LogP contribution in [0.25, 0.3) is 11.0 Å². The summed E-state index contributed by atoms with van der Waals surface area (Å²) >= 11 is 3.52. The Labute approximate surface area is 123 Å². The molecule has 0 atom stereocenters. The Bertz CT molecular complexity index is 546. The number of imidazole rings is 1. The lowest BCUT2D eigenvalue weighted by Crippen LogP contribution is -2.25. The molecule has 1 heterocycles. The van der Waals surface area contributed by atoms with Gasteiger partial charge in [-0.3, -0.25) is 0 Å². The Kier molecular flexibility index (Phi) is 4.99. The average molecular weight is 324 g/mol. The summed E-state index contributed by atoms with van der Waals surface area (Å²) in [4.78, 5) is 4.78. The predicted octanol–water partition coefficient (Wildman–Crippen LogP) is 3.75. The number of nitrogens with zero attached hydrogens (tertiary/aromatic N) is 2. The molecule has 3 nitrogen and oxygen atoms in total. The Hall–Kier alpha value is -0.870. The zero-order valence-electron chi connectivity index (χ0n) is 11.9. The zero-order valence-corrected chi connectivity index (χ0v) is 13.5. The molecule has 0 radical (unpaired) electrons. The molecule has 0 saturated carbocycles. The van der Waals surface area contributed by atoms with Gasteiger partial charge in [0.15, 0.2) is 0 Å². The molecule has 1 aromatic heterocycles. The first-order valence-electron chi connectivity index (χ1n) is 7.00. The number of fused-ring (bicyclic) bond motifs is 1. The fraction of sp³-hybridized carbons (Fsp3) is 0.533. The van der Waals surface area contributed by atoms with Crippen LogP contribution in [0.15, 0.2) is 22.7 Å². The summed E-state index contributed by atoms with van der Waals surface area (Å²) in [6.07, 6.45) is 2.11. The topological polar surface area (TPSA) is 29.9 Å². The lowest BCUT2D eigenvalue weighted by Gasteiger charge is -2.10. The number of halogens is 1. The molecule has 1 N–H and O–H groups in total. The van der Waals surface area contributed by atoms with Crippen molar-refractivity contribution >= 4 is 27.0 Å². The molecular weight excluding hydrogens is 302 g/mol. The highest BCUT2D eigenvalue weighted by Gasteiger charge is 2.10. The van der Waals surface area contributed by atoms with Crippen molar-refractivity contribution in [2.24, 2.45) is 0 Å². The number of rotatable bonds is 6. The van der Waals surface area contributed by atoms with Crippen LogP contribution >= 0.6 is 15.9 Å². The van der Waals surface area contributed by atoms with Crippen LogP contribution in [0.4, 0.5) is 0 Å². The lowest BCUT2D eigenvalue weighted by atomic mass is 10.3. The normalized spacial score (nSPS) is 11.6. The maximum atomic E-state index is 4.78. The standard InChI is InChI=1S/C15H22BrN3/c1-4-9-19-14-6-5-12(16)10-13(14)18-15(19)7-8-17-11(2)3/h5-6,10-11,17H,4,7-9H2,1-3H3. The van der Waals surface area contributed by atoms with Crippen LogP contribution in [0.3, 0.4) is 0 Å². The highest BCUT2D eigenvalue weighted by Crippen LogP contribution is 2.21. The second-order valence-electron chi connectivity index (χ2n) is 5.17. The average Bonchev–Trinajstić information content (AvgIpc) is 2.67. The molecule has 104 valence electrons. The number of hydrogen-bond donors (Lipinski definition) is 1. The summed E-state index contributed by atoms with van der Waals surface area (Å²) in [5, 5.41) is 3.46. The third-order valence-electron chi connectivity index (χ3n) is 3.14. The van der Waals surface area contributed by atoms with Gasteiger partial charge in [0.05, 0.1) is 11.0 Å². The molecule has 4 heteroatoms. The van der Waals surface area contributed by atoms with Gasteiger partial charge in [-0.05, 0) is 24.6 Å². The van der Waals surface area contributed by atoms with Crippen molar-refractivity contribution in [1.29, 1.82) is 0 Å². The van der Waals surface area contributed by atoms with Crippen molar-refractivity contribution in [3.63, 3.8) is 0 Å². The predicted molar refractivity (Wildman–Crippen MR) is 84.6 cm³/mol. The summed E-state index contributed by atoms with van der Waals surface area (Å²) in [6.45, 7) is 8.57. The summed E-state index contributed by atoms with van der Waals surface area (Å²) in [5.74, 6) is 1.18. The first-order chi connectivity index (χ1) is 9.11. The second kappa shape index (κ2) is 6.53. The van der Waals surface area contributed by atoms with E-state index in [1.165, 1.54) is 11.3 Å². The lowest BCUT2D eigenvalue weighted by molar-refractivity contribution is 0.567. The molecule has 0 aliphatic carbocycles. The third-order valence-corrected chi connectivity index (χ3v) is 3.63. The van der Waals surface area contributed by atoms with E-state index in [1.54, 1.807) is 0 Å². The monoisotopic (exact) mass is 323 g/mol. The van der Waals surface area contributed by atoms with Crippen molar-refractivity contribution in [3.05, 3.63) is 28.5 Å². The number of aryl methyl sites for hydroxylation is 1. The van der Waals surface area contributed by atoms with E-state index in [0.29, 0.717) is 6.04 Å². The van der Waals surface area contributed by atoms with Gasteiger partial charge in [0.25, 0.3) is 0 Å². The second-order valence-corrected chi connectivity index (χ2v) is 6.09. The molecule has 2 rings (SSSR count). The van der Waals surface area contributed by atoms with Crippen molar-refractivity contribution < 1.29 is 0 Å². The summed E-state index contributed by atoms with van der Waals surface area (Å²) < 4.78 is 3.44. The first kappa shape index (κ1) is 14.5. The van der Waals surface area contributed by atoms with E-state index < -0.39 is 0 Å². The van der Waals surface area contributed by atoms with Crippen molar-refractivity contribution in [1.82, 2.24) is 14.9 Å². The third kappa shape index (κ3) is 3.57. The number of benzene rings is 1. The minimum absolute atomic E-state index is 0.526. The van der Waals surface area contributed by atoms with Gasteiger partial charge in [-0.2, -0.15) is 0 Å². The maximum absolute atomic E-state index is 4.78. The minimum Gasteiger partial charge on any atom is -0.328 e. The molecule has 0 unspecified atom stereocenters. The number of aromatic nitrogens is 2. The van der Waals surface area contributed by atoms with Gasteiger partial charge in [-0.15, -0.1) is 0 Å². The van der Waals surface area contributed by atoms with E-state index in [-0.39, 0.29) is 0 Å². The van der Waals surface area contributed by atoms with Crippen LogP contribution in [-0.2, 0) is 13.0 Å². The smallest absolute Gasteiger partial charge is 0.111 e. The number of hydrogen-bond acceptors (Lipinski definition) is 2. The van der Waals surface area contributed by atoms with E-state index in [9.17, 15) is 0 Å². The zero-order chi connectivity index (χ0) is 13.8. The van der Waals surface area contributed by atoms with Crippen LogP contribution in [-0.4, -0.2) is 22.1 Å². The molecular formula is C15H22BrN3.